The van der Waals surface area contributed by atoms with Crippen LogP contribution in [0, 0.1) is 5.82 Å². The number of benzene rings is 1. The van der Waals surface area contributed by atoms with Crippen molar-refractivity contribution in [2.24, 2.45) is 0 Å². The van der Waals surface area contributed by atoms with E-state index in [1.807, 2.05) is 13.0 Å². The van der Waals surface area contributed by atoms with Gasteiger partial charge in [-0.15, -0.1) is 0 Å². The largest absolute Gasteiger partial charge is 0.494 e. The quantitative estimate of drug-likeness (QED) is 0.734. The van der Waals surface area contributed by atoms with Gasteiger partial charge in [-0.25, -0.2) is 4.39 Å². The summed E-state index contributed by atoms with van der Waals surface area (Å²) in [6, 6.07) is 5.27. The van der Waals surface area contributed by atoms with Crippen LogP contribution in [-0.4, -0.2) is 39.2 Å². The number of nitrogens with zero attached hydrogens (tertiary/aromatic N) is 1. The van der Waals surface area contributed by atoms with Gasteiger partial charge in [0.05, 0.1) is 7.11 Å². The number of rotatable bonds is 8. The van der Waals surface area contributed by atoms with Gasteiger partial charge in [-0.2, -0.15) is 0 Å². The van der Waals surface area contributed by atoms with E-state index in [0.717, 1.165) is 25.1 Å². The van der Waals surface area contributed by atoms with Crippen LogP contribution in [0.4, 0.5) is 4.39 Å². The molecule has 1 rings (SSSR count). The normalized spacial score (nSPS) is 12.7. The summed E-state index contributed by atoms with van der Waals surface area (Å²) < 4.78 is 18.5. The van der Waals surface area contributed by atoms with Crippen LogP contribution in [0.3, 0.4) is 0 Å². The SMILES string of the molecule is COc1ccc(C(C)NCCCCN(C)C)cc1F. The maximum atomic E-state index is 13.6. The van der Waals surface area contributed by atoms with Crippen molar-refractivity contribution >= 4 is 0 Å². The molecule has 4 heteroatoms. The number of methoxy groups -OCH3 is 1. The minimum atomic E-state index is -0.304. The molecule has 0 aliphatic rings. The first-order valence-corrected chi connectivity index (χ1v) is 6.76. The zero-order valence-electron chi connectivity index (χ0n) is 12.4. The minimum absolute atomic E-state index is 0.153. The van der Waals surface area contributed by atoms with Gasteiger partial charge >= 0.3 is 0 Å². The fourth-order valence-electron chi connectivity index (χ4n) is 1.94. The van der Waals surface area contributed by atoms with E-state index < -0.39 is 0 Å². The maximum absolute atomic E-state index is 13.6. The first-order chi connectivity index (χ1) is 9.04. The number of hydrogen-bond donors (Lipinski definition) is 1. The molecule has 0 aliphatic heterocycles. The van der Waals surface area contributed by atoms with E-state index in [0.29, 0.717) is 5.75 Å². The highest BCUT2D eigenvalue weighted by Gasteiger charge is 2.08. The van der Waals surface area contributed by atoms with Crippen LogP contribution in [0.25, 0.3) is 0 Å². The molecule has 19 heavy (non-hydrogen) atoms. The molecule has 0 radical (unpaired) electrons. The summed E-state index contributed by atoms with van der Waals surface area (Å²) in [4.78, 5) is 2.18. The Morgan fingerprint density at radius 2 is 2.05 bits per heavy atom. The number of hydrogen-bond acceptors (Lipinski definition) is 3. The van der Waals surface area contributed by atoms with Crippen molar-refractivity contribution in [1.82, 2.24) is 10.2 Å². The number of nitrogens with one attached hydrogen (secondary N) is 1. The summed E-state index contributed by atoms with van der Waals surface area (Å²) in [6.07, 6.45) is 2.30. The van der Waals surface area contributed by atoms with Gasteiger partial charge in [-0.3, -0.25) is 0 Å². The summed E-state index contributed by atoms with van der Waals surface area (Å²) in [7, 11) is 5.64. The van der Waals surface area contributed by atoms with Crippen LogP contribution < -0.4 is 10.1 Å². The molecule has 0 aliphatic carbocycles. The highest BCUT2D eigenvalue weighted by Crippen LogP contribution is 2.21. The lowest BCUT2D eigenvalue weighted by Crippen LogP contribution is -2.21. The van der Waals surface area contributed by atoms with E-state index in [2.05, 4.69) is 24.3 Å². The fourth-order valence-corrected chi connectivity index (χ4v) is 1.94. The molecular formula is C15H25FN2O. The highest BCUT2D eigenvalue weighted by molar-refractivity contribution is 5.30. The zero-order valence-corrected chi connectivity index (χ0v) is 12.4. The Labute approximate surface area is 115 Å². The number of ether oxygens (including phenoxy) is 1. The molecule has 108 valence electrons. The molecular weight excluding hydrogens is 243 g/mol. The average Bonchev–Trinajstić information content (AvgIpc) is 2.37. The molecule has 0 saturated carbocycles. The van der Waals surface area contributed by atoms with Crippen LogP contribution in [0.2, 0.25) is 0 Å². The number of halogens is 1. The molecule has 0 saturated heterocycles. The summed E-state index contributed by atoms with van der Waals surface area (Å²) in [5.74, 6) is -0.0109. The molecule has 1 atom stereocenters. The van der Waals surface area contributed by atoms with Crippen molar-refractivity contribution in [2.45, 2.75) is 25.8 Å². The molecule has 0 amide bonds. The van der Waals surface area contributed by atoms with Gasteiger partial charge in [-0.05, 0) is 64.6 Å². The Hall–Kier alpha value is -1.13. The van der Waals surface area contributed by atoms with E-state index in [4.69, 9.17) is 4.74 Å². The van der Waals surface area contributed by atoms with Gasteiger partial charge < -0.3 is 15.0 Å². The molecule has 1 unspecified atom stereocenters. The monoisotopic (exact) mass is 268 g/mol. The Balaban J connectivity index is 2.37. The van der Waals surface area contributed by atoms with E-state index in [-0.39, 0.29) is 11.9 Å². The third-order valence-corrected chi connectivity index (χ3v) is 3.16. The van der Waals surface area contributed by atoms with Crippen LogP contribution in [-0.2, 0) is 0 Å². The lowest BCUT2D eigenvalue weighted by Gasteiger charge is -2.15. The molecule has 0 spiro atoms. The lowest BCUT2D eigenvalue weighted by atomic mass is 10.1. The summed E-state index contributed by atoms with van der Waals surface area (Å²) in [5, 5.41) is 3.41. The first-order valence-electron chi connectivity index (χ1n) is 6.76. The average molecular weight is 268 g/mol. The molecule has 0 heterocycles. The molecule has 1 aromatic carbocycles. The topological polar surface area (TPSA) is 24.5 Å². The van der Waals surface area contributed by atoms with E-state index >= 15 is 0 Å². The van der Waals surface area contributed by atoms with Crippen LogP contribution >= 0.6 is 0 Å². The fraction of sp³-hybridized carbons (Fsp3) is 0.600. The summed E-state index contributed by atoms with van der Waals surface area (Å²) in [6.45, 7) is 4.10. The third kappa shape index (κ3) is 5.57. The van der Waals surface area contributed by atoms with Crippen molar-refractivity contribution in [3.05, 3.63) is 29.6 Å². The van der Waals surface area contributed by atoms with Crippen molar-refractivity contribution < 1.29 is 9.13 Å². The second kappa shape index (κ2) is 8.12. The standard InChI is InChI=1S/C15H25FN2O/c1-12(17-9-5-6-10-18(2)3)13-7-8-15(19-4)14(16)11-13/h7-8,11-12,17H,5-6,9-10H2,1-4H3. The highest BCUT2D eigenvalue weighted by atomic mass is 19.1. The summed E-state index contributed by atoms with van der Waals surface area (Å²) in [5.41, 5.74) is 0.950. The van der Waals surface area contributed by atoms with E-state index in [1.54, 1.807) is 6.07 Å². The Kier molecular flexibility index (Phi) is 6.81. The van der Waals surface area contributed by atoms with Crippen LogP contribution in [0.5, 0.6) is 5.75 Å². The van der Waals surface area contributed by atoms with Crippen molar-refractivity contribution in [3.63, 3.8) is 0 Å². The Morgan fingerprint density at radius 3 is 2.63 bits per heavy atom. The third-order valence-electron chi connectivity index (χ3n) is 3.16. The van der Waals surface area contributed by atoms with Gasteiger partial charge in [0, 0.05) is 6.04 Å². The molecule has 1 N–H and O–H groups in total. The zero-order chi connectivity index (χ0) is 14.3. The minimum Gasteiger partial charge on any atom is -0.494 e. The smallest absolute Gasteiger partial charge is 0.165 e. The van der Waals surface area contributed by atoms with E-state index in [1.165, 1.54) is 19.6 Å². The van der Waals surface area contributed by atoms with Crippen LogP contribution in [0.1, 0.15) is 31.4 Å². The van der Waals surface area contributed by atoms with Crippen LogP contribution in [0.15, 0.2) is 18.2 Å². The molecule has 0 aromatic heterocycles. The molecule has 0 bridgehead atoms. The van der Waals surface area contributed by atoms with Gasteiger partial charge in [-0.1, -0.05) is 6.07 Å². The molecule has 3 nitrogen and oxygen atoms in total. The lowest BCUT2D eigenvalue weighted by molar-refractivity contribution is 0.384. The van der Waals surface area contributed by atoms with Crippen molar-refractivity contribution in [2.75, 3.05) is 34.3 Å². The summed E-state index contributed by atoms with van der Waals surface area (Å²) >= 11 is 0. The van der Waals surface area contributed by atoms with Crippen molar-refractivity contribution in [1.29, 1.82) is 0 Å². The number of unbranched alkanes of at least 4 members (excludes halogenated alkanes) is 1. The maximum Gasteiger partial charge on any atom is 0.165 e. The second-order valence-corrected chi connectivity index (χ2v) is 5.08. The van der Waals surface area contributed by atoms with Crippen molar-refractivity contribution in [3.8, 4) is 5.75 Å². The Bertz CT molecular complexity index is 382. The molecule has 0 fully saturated rings. The predicted octanol–water partition coefficient (Wildman–Crippen LogP) is 2.83. The first kappa shape index (κ1) is 15.9. The van der Waals surface area contributed by atoms with Gasteiger partial charge in [0.2, 0.25) is 0 Å². The van der Waals surface area contributed by atoms with Gasteiger partial charge in [0.1, 0.15) is 0 Å². The Morgan fingerprint density at radius 1 is 1.32 bits per heavy atom. The van der Waals surface area contributed by atoms with E-state index in [9.17, 15) is 4.39 Å². The predicted molar refractivity (Wildman–Crippen MR) is 77.2 cm³/mol. The van der Waals surface area contributed by atoms with Gasteiger partial charge in [0.25, 0.3) is 0 Å². The van der Waals surface area contributed by atoms with Gasteiger partial charge in [0.15, 0.2) is 11.6 Å². The second-order valence-electron chi connectivity index (χ2n) is 5.08. The molecule has 1 aromatic rings.